The topological polar surface area (TPSA) is 29.3 Å². The van der Waals surface area contributed by atoms with Crippen LogP contribution in [0.25, 0.3) is 0 Å². The Bertz CT molecular complexity index is 609. The number of para-hydroxylation sites is 1. The highest BCUT2D eigenvalue weighted by atomic mass is 127. The van der Waals surface area contributed by atoms with E-state index in [0.29, 0.717) is 5.92 Å². The van der Waals surface area contributed by atoms with Crippen LogP contribution >= 0.6 is 22.6 Å². The Morgan fingerprint density at radius 1 is 1.16 bits per heavy atom. The number of benzene rings is 2. The van der Waals surface area contributed by atoms with Gasteiger partial charge in [-0.05, 0) is 64.8 Å². The van der Waals surface area contributed by atoms with Gasteiger partial charge in [-0.25, -0.2) is 0 Å². The van der Waals surface area contributed by atoms with Crippen LogP contribution in [-0.4, -0.2) is 6.54 Å². The van der Waals surface area contributed by atoms with Crippen LogP contribution in [0.15, 0.2) is 42.5 Å². The molecule has 2 aromatic rings. The maximum absolute atomic E-state index is 5.86. The van der Waals surface area contributed by atoms with E-state index in [1.54, 1.807) is 0 Å². The van der Waals surface area contributed by atoms with Crippen LogP contribution in [0.2, 0.25) is 0 Å². The van der Waals surface area contributed by atoms with Gasteiger partial charge < -0.3 is 10.6 Å². The van der Waals surface area contributed by atoms with Gasteiger partial charge in [-0.1, -0.05) is 25.1 Å². The Morgan fingerprint density at radius 3 is 2.74 bits per heavy atom. The van der Waals surface area contributed by atoms with E-state index in [1.165, 1.54) is 20.5 Å². The molecular weight excluding hydrogens is 347 g/mol. The van der Waals surface area contributed by atoms with E-state index in [1.807, 2.05) is 12.1 Å². The Kier molecular flexibility index (Phi) is 3.39. The number of nitrogen functional groups attached to an aromatic ring is 1. The first kappa shape index (κ1) is 12.8. The third-order valence-electron chi connectivity index (χ3n) is 3.61. The van der Waals surface area contributed by atoms with Gasteiger partial charge in [0.25, 0.3) is 0 Å². The molecule has 1 aliphatic rings. The summed E-state index contributed by atoms with van der Waals surface area (Å²) in [6.07, 6.45) is 1.16. The van der Waals surface area contributed by atoms with Gasteiger partial charge in [0.1, 0.15) is 0 Å². The molecule has 3 heteroatoms. The largest absolute Gasteiger partial charge is 0.399 e. The van der Waals surface area contributed by atoms with Crippen LogP contribution in [0.3, 0.4) is 0 Å². The average molecular weight is 364 g/mol. The molecule has 19 heavy (non-hydrogen) atoms. The lowest BCUT2D eigenvalue weighted by molar-refractivity contribution is 0.562. The lowest BCUT2D eigenvalue weighted by Gasteiger charge is -2.35. The molecule has 0 radical (unpaired) electrons. The Morgan fingerprint density at radius 2 is 1.95 bits per heavy atom. The van der Waals surface area contributed by atoms with E-state index in [9.17, 15) is 0 Å². The number of fused-ring (bicyclic) bond motifs is 1. The minimum absolute atomic E-state index is 0.670. The van der Waals surface area contributed by atoms with Crippen molar-refractivity contribution in [2.75, 3.05) is 17.2 Å². The molecule has 0 saturated heterocycles. The first-order chi connectivity index (χ1) is 9.15. The maximum atomic E-state index is 5.86. The second kappa shape index (κ2) is 5.04. The number of anilines is 3. The predicted molar refractivity (Wildman–Crippen MR) is 89.9 cm³/mol. The fourth-order valence-corrected chi connectivity index (χ4v) is 3.60. The van der Waals surface area contributed by atoms with E-state index in [0.717, 1.165) is 18.7 Å². The normalized spacial score (nSPS) is 18.2. The lowest BCUT2D eigenvalue weighted by atomic mass is 9.93. The van der Waals surface area contributed by atoms with E-state index in [2.05, 4.69) is 64.7 Å². The standard InChI is InChI=1S/C16H17IN2/c1-11-8-12-4-2-3-5-15(12)19(10-11)16-7-6-13(18)9-14(16)17/h2-7,9,11H,8,10,18H2,1H3. The number of nitrogens with zero attached hydrogens (tertiary/aromatic N) is 1. The van der Waals surface area contributed by atoms with Crippen molar-refractivity contribution >= 4 is 39.7 Å². The number of rotatable bonds is 1. The number of nitrogens with two attached hydrogens (primary N) is 1. The molecule has 2 aromatic carbocycles. The Hall–Kier alpha value is -1.23. The minimum Gasteiger partial charge on any atom is -0.399 e. The molecule has 1 aliphatic heterocycles. The molecule has 1 atom stereocenters. The van der Waals surface area contributed by atoms with E-state index < -0.39 is 0 Å². The molecule has 98 valence electrons. The Labute approximate surface area is 127 Å². The molecule has 0 saturated carbocycles. The first-order valence-corrected chi connectivity index (χ1v) is 7.63. The number of hydrogen-bond donors (Lipinski definition) is 1. The summed E-state index contributed by atoms with van der Waals surface area (Å²) in [6, 6.07) is 14.9. The van der Waals surface area contributed by atoms with Gasteiger partial charge in [0.15, 0.2) is 0 Å². The molecule has 2 nitrogen and oxygen atoms in total. The monoisotopic (exact) mass is 364 g/mol. The summed E-state index contributed by atoms with van der Waals surface area (Å²) < 4.78 is 1.21. The zero-order valence-corrected chi connectivity index (χ0v) is 13.1. The van der Waals surface area contributed by atoms with Crippen molar-refractivity contribution < 1.29 is 0 Å². The zero-order chi connectivity index (χ0) is 13.4. The second-order valence-electron chi connectivity index (χ2n) is 5.26. The summed E-state index contributed by atoms with van der Waals surface area (Å²) in [7, 11) is 0. The fourth-order valence-electron chi connectivity index (χ4n) is 2.77. The van der Waals surface area contributed by atoms with Crippen molar-refractivity contribution in [1.29, 1.82) is 0 Å². The number of halogens is 1. The summed E-state index contributed by atoms with van der Waals surface area (Å²) in [5.74, 6) is 0.670. The van der Waals surface area contributed by atoms with Crippen LogP contribution < -0.4 is 10.6 Å². The quantitative estimate of drug-likeness (QED) is 0.607. The molecule has 1 heterocycles. The van der Waals surface area contributed by atoms with Gasteiger partial charge in [0.2, 0.25) is 0 Å². The molecule has 0 spiro atoms. The van der Waals surface area contributed by atoms with Gasteiger partial charge in [-0.3, -0.25) is 0 Å². The molecule has 0 bridgehead atoms. The SMILES string of the molecule is CC1Cc2ccccc2N(c2ccc(N)cc2I)C1. The van der Waals surface area contributed by atoms with Gasteiger partial charge in [-0.15, -0.1) is 0 Å². The first-order valence-electron chi connectivity index (χ1n) is 6.55. The van der Waals surface area contributed by atoms with Crippen LogP contribution in [0, 0.1) is 9.49 Å². The van der Waals surface area contributed by atoms with Gasteiger partial charge in [-0.2, -0.15) is 0 Å². The van der Waals surface area contributed by atoms with Crippen LogP contribution in [0.4, 0.5) is 17.1 Å². The summed E-state index contributed by atoms with van der Waals surface area (Å²) in [4.78, 5) is 2.42. The van der Waals surface area contributed by atoms with Crippen LogP contribution in [-0.2, 0) is 6.42 Å². The molecule has 1 unspecified atom stereocenters. The number of hydrogen-bond acceptors (Lipinski definition) is 2. The van der Waals surface area contributed by atoms with Crippen molar-refractivity contribution in [1.82, 2.24) is 0 Å². The smallest absolute Gasteiger partial charge is 0.0548 e. The third kappa shape index (κ3) is 2.43. The van der Waals surface area contributed by atoms with Crippen LogP contribution in [0.5, 0.6) is 0 Å². The summed E-state index contributed by atoms with van der Waals surface area (Å²) >= 11 is 2.37. The van der Waals surface area contributed by atoms with Crippen molar-refractivity contribution in [3.8, 4) is 0 Å². The lowest BCUT2D eigenvalue weighted by Crippen LogP contribution is -2.30. The maximum Gasteiger partial charge on any atom is 0.0548 e. The van der Waals surface area contributed by atoms with E-state index in [-0.39, 0.29) is 0 Å². The average Bonchev–Trinajstić information content (AvgIpc) is 2.38. The highest BCUT2D eigenvalue weighted by molar-refractivity contribution is 14.1. The minimum atomic E-state index is 0.670. The Balaban J connectivity index is 2.10. The predicted octanol–water partition coefficient (Wildman–Crippen LogP) is 4.20. The zero-order valence-electron chi connectivity index (χ0n) is 10.9. The summed E-state index contributed by atoms with van der Waals surface area (Å²) in [6.45, 7) is 3.38. The molecule has 0 amide bonds. The molecule has 0 aliphatic carbocycles. The molecule has 3 rings (SSSR count). The second-order valence-corrected chi connectivity index (χ2v) is 6.42. The van der Waals surface area contributed by atoms with Crippen molar-refractivity contribution in [3.63, 3.8) is 0 Å². The van der Waals surface area contributed by atoms with Gasteiger partial charge in [0.05, 0.1) is 5.69 Å². The van der Waals surface area contributed by atoms with Crippen LogP contribution in [0.1, 0.15) is 12.5 Å². The molecule has 2 N–H and O–H groups in total. The van der Waals surface area contributed by atoms with E-state index >= 15 is 0 Å². The fraction of sp³-hybridized carbons (Fsp3) is 0.250. The highest BCUT2D eigenvalue weighted by Crippen LogP contribution is 2.37. The summed E-state index contributed by atoms with van der Waals surface area (Å²) in [5, 5.41) is 0. The molecule has 0 fully saturated rings. The van der Waals surface area contributed by atoms with E-state index in [4.69, 9.17) is 5.73 Å². The van der Waals surface area contributed by atoms with Crippen molar-refractivity contribution in [3.05, 3.63) is 51.6 Å². The molecular formula is C16H17IN2. The van der Waals surface area contributed by atoms with Crippen molar-refractivity contribution in [2.45, 2.75) is 13.3 Å². The highest BCUT2D eigenvalue weighted by Gasteiger charge is 2.23. The third-order valence-corrected chi connectivity index (χ3v) is 4.47. The summed E-state index contributed by atoms with van der Waals surface area (Å²) in [5.41, 5.74) is 10.7. The molecule has 0 aromatic heterocycles. The van der Waals surface area contributed by atoms with Gasteiger partial charge >= 0.3 is 0 Å². The van der Waals surface area contributed by atoms with Crippen molar-refractivity contribution in [2.24, 2.45) is 5.92 Å². The van der Waals surface area contributed by atoms with Gasteiger partial charge in [0, 0.05) is 21.5 Å².